The van der Waals surface area contributed by atoms with Crippen molar-refractivity contribution in [1.29, 1.82) is 0 Å². The minimum atomic E-state index is 0.306. The number of ether oxygens (including phenoxy) is 1. The van der Waals surface area contributed by atoms with E-state index in [9.17, 15) is 0 Å². The van der Waals surface area contributed by atoms with Gasteiger partial charge in [0.05, 0.1) is 12.2 Å². The van der Waals surface area contributed by atoms with Crippen LogP contribution in [-0.4, -0.2) is 32.3 Å². The number of anilines is 1. The molecule has 0 aliphatic carbocycles. The highest BCUT2D eigenvalue weighted by atomic mass is 16.5. The van der Waals surface area contributed by atoms with E-state index in [1.54, 1.807) is 0 Å². The molecule has 3 heteroatoms. The van der Waals surface area contributed by atoms with Gasteiger partial charge >= 0.3 is 0 Å². The SMILES string of the molecule is CCN1CC(C(C)C)Oc2ccc(CC3CCCNC3)cc21. The maximum absolute atomic E-state index is 6.22. The van der Waals surface area contributed by atoms with Crippen molar-refractivity contribution in [3.63, 3.8) is 0 Å². The van der Waals surface area contributed by atoms with E-state index >= 15 is 0 Å². The molecule has 1 aromatic carbocycles. The van der Waals surface area contributed by atoms with E-state index in [0.29, 0.717) is 12.0 Å². The lowest BCUT2D eigenvalue weighted by molar-refractivity contribution is 0.146. The van der Waals surface area contributed by atoms with Crippen LogP contribution >= 0.6 is 0 Å². The number of nitrogens with one attached hydrogen (secondary N) is 1. The molecule has 2 atom stereocenters. The molecule has 0 amide bonds. The van der Waals surface area contributed by atoms with E-state index in [-0.39, 0.29) is 0 Å². The largest absolute Gasteiger partial charge is 0.486 e. The summed E-state index contributed by atoms with van der Waals surface area (Å²) in [5, 5.41) is 3.52. The third-order valence-corrected chi connectivity index (χ3v) is 5.09. The molecule has 0 saturated carbocycles. The second kappa shape index (κ2) is 6.91. The molecule has 2 unspecified atom stereocenters. The van der Waals surface area contributed by atoms with Crippen molar-refractivity contribution in [3.8, 4) is 5.75 Å². The van der Waals surface area contributed by atoms with E-state index in [4.69, 9.17) is 4.74 Å². The Balaban J connectivity index is 1.77. The first-order valence-corrected chi connectivity index (χ1v) is 8.92. The number of likely N-dealkylation sites (N-methyl/N-ethyl adjacent to an activating group) is 1. The standard InChI is InChI=1S/C19H30N2O/c1-4-21-13-19(14(2)3)22-18-8-7-15(11-17(18)21)10-16-6-5-9-20-12-16/h7-8,11,14,16,19-20H,4-6,9-10,12-13H2,1-3H3. The van der Waals surface area contributed by atoms with Crippen LogP contribution < -0.4 is 15.0 Å². The molecule has 2 aliphatic rings. The van der Waals surface area contributed by atoms with Gasteiger partial charge in [-0.25, -0.2) is 0 Å². The third-order valence-electron chi connectivity index (χ3n) is 5.09. The van der Waals surface area contributed by atoms with Gasteiger partial charge in [0.1, 0.15) is 11.9 Å². The Morgan fingerprint density at radius 2 is 2.23 bits per heavy atom. The molecule has 3 rings (SSSR count). The van der Waals surface area contributed by atoms with Gasteiger partial charge in [-0.1, -0.05) is 19.9 Å². The summed E-state index contributed by atoms with van der Waals surface area (Å²) in [4.78, 5) is 2.48. The van der Waals surface area contributed by atoms with E-state index in [2.05, 4.69) is 49.2 Å². The Morgan fingerprint density at radius 1 is 1.36 bits per heavy atom. The zero-order chi connectivity index (χ0) is 15.5. The zero-order valence-corrected chi connectivity index (χ0v) is 14.3. The van der Waals surface area contributed by atoms with Gasteiger partial charge in [-0.05, 0) is 68.8 Å². The minimum absolute atomic E-state index is 0.306. The van der Waals surface area contributed by atoms with Crippen molar-refractivity contribution >= 4 is 5.69 Å². The summed E-state index contributed by atoms with van der Waals surface area (Å²) in [6.07, 6.45) is 4.16. The third kappa shape index (κ3) is 3.40. The van der Waals surface area contributed by atoms with E-state index in [1.807, 2.05) is 0 Å². The number of hydrogen-bond donors (Lipinski definition) is 1. The topological polar surface area (TPSA) is 24.5 Å². The Labute approximate surface area is 135 Å². The van der Waals surface area contributed by atoms with E-state index < -0.39 is 0 Å². The fraction of sp³-hybridized carbons (Fsp3) is 0.684. The normalized spacial score (nSPS) is 25.0. The van der Waals surface area contributed by atoms with E-state index in [0.717, 1.165) is 24.8 Å². The molecule has 122 valence electrons. The molecule has 1 saturated heterocycles. The number of nitrogens with zero attached hydrogens (tertiary/aromatic N) is 1. The number of piperidine rings is 1. The summed E-state index contributed by atoms with van der Waals surface area (Å²) in [5.41, 5.74) is 2.75. The van der Waals surface area contributed by atoms with Crippen molar-refractivity contribution in [2.24, 2.45) is 11.8 Å². The van der Waals surface area contributed by atoms with Crippen LogP contribution in [0.15, 0.2) is 18.2 Å². The number of fused-ring (bicyclic) bond motifs is 1. The lowest BCUT2D eigenvalue weighted by Crippen LogP contribution is -2.42. The molecule has 2 aliphatic heterocycles. The smallest absolute Gasteiger partial charge is 0.143 e. The fourth-order valence-electron chi connectivity index (χ4n) is 3.63. The quantitative estimate of drug-likeness (QED) is 0.921. The lowest BCUT2D eigenvalue weighted by atomic mass is 9.92. The van der Waals surface area contributed by atoms with Crippen LogP contribution in [0.1, 0.15) is 39.2 Å². The minimum Gasteiger partial charge on any atom is -0.486 e. The Morgan fingerprint density at radius 3 is 2.91 bits per heavy atom. The van der Waals surface area contributed by atoms with Gasteiger partial charge in [-0.2, -0.15) is 0 Å². The average molecular weight is 302 g/mol. The van der Waals surface area contributed by atoms with Gasteiger partial charge < -0.3 is 15.0 Å². The van der Waals surface area contributed by atoms with Crippen molar-refractivity contribution in [2.45, 2.75) is 46.1 Å². The van der Waals surface area contributed by atoms with Gasteiger partial charge in [0.2, 0.25) is 0 Å². The van der Waals surface area contributed by atoms with Crippen LogP contribution in [0, 0.1) is 11.8 Å². The average Bonchev–Trinajstić information content (AvgIpc) is 2.54. The van der Waals surface area contributed by atoms with Crippen LogP contribution in [-0.2, 0) is 6.42 Å². The fourth-order valence-corrected chi connectivity index (χ4v) is 3.63. The Hall–Kier alpha value is -1.22. The molecule has 0 bridgehead atoms. The molecule has 0 spiro atoms. The molecule has 0 radical (unpaired) electrons. The maximum Gasteiger partial charge on any atom is 0.143 e. The monoisotopic (exact) mass is 302 g/mol. The highest BCUT2D eigenvalue weighted by Gasteiger charge is 2.27. The van der Waals surface area contributed by atoms with Gasteiger partial charge in [0, 0.05) is 6.54 Å². The van der Waals surface area contributed by atoms with E-state index in [1.165, 1.54) is 43.6 Å². The lowest BCUT2D eigenvalue weighted by Gasteiger charge is -2.37. The first-order chi connectivity index (χ1) is 10.7. The van der Waals surface area contributed by atoms with Gasteiger partial charge in [0.25, 0.3) is 0 Å². The molecular formula is C19H30N2O. The van der Waals surface area contributed by atoms with Crippen molar-refractivity contribution in [1.82, 2.24) is 5.32 Å². The maximum atomic E-state index is 6.22. The number of benzene rings is 1. The van der Waals surface area contributed by atoms with Crippen molar-refractivity contribution in [2.75, 3.05) is 31.1 Å². The van der Waals surface area contributed by atoms with Crippen molar-refractivity contribution < 1.29 is 4.74 Å². The van der Waals surface area contributed by atoms with Crippen molar-refractivity contribution in [3.05, 3.63) is 23.8 Å². The molecule has 22 heavy (non-hydrogen) atoms. The first kappa shape index (κ1) is 15.7. The van der Waals surface area contributed by atoms with Crippen LogP contribution in [0.4, 0.5) is 5.69 Å². The summed E-state index contributed by atoms with van der Waals surface area (Å²) in [6.45, 7) is 11.1. The molecule has 1 aromatic rings. The first-order valence-electron chi connectivity index (χ1n) is 8.92. The highest BCUT2D eigenvalue weighted by Crippen LogP contribution is 2.36. The summed E-state index contributed by atoms with van der Waals surface area (Å²) < 4.78 is 6.22. The summed E-state index contributed by atoms with van der Waals surface area (Å²) in [6, 6.07) is 6.83. The van der Waals surface area contributed by atoms with Crippen LogP contribution in [0.3, 0.4) is 0 Å². The molecule has 1 fully saturated rings. The second-order valence-corrected chi connectivity index (χ2v) is 7.16. The van der Waals surface area contributed by atoms with Gasteiger partial charge in [0.15, 0.2) is 0 Å². The summed E-state index contributed by atoms with van der Waals surface area (Å²) >= 11 is 0. The van der Waals surface area contributed by atoms with Crippen LogP contribution in [0.5, 0.6) is 5.75 Å². The predicted octanol–water partition coefficient (Wildman–Crippen LogP) is 3.47. The predicted molar refractivity (Wildman–Crippen MR) is 92.9 cm³/mol. The van der Waals surface area contributed by atoms with Gasteiger partial charge in [-0.3, -0.25) is 0 Å². The Bertz CT molecular complexity index is 494. The highest BCUT2D eigenvalue weighted by molar-refractivity contribution is 5.61. The molecule has 2 heterocycles. The molecule has 0 aromatic heterocycles. The summed E-state index contributed by atoms with van der Waals surface area (Å²) in [7, 11) is 0. The Kier molecular flexibility index (Phi) is 4.92. The van der Waals surface area contributed by atoms with Crippen LogP contribution in [0.25, 0.3) is 0 Å². The molecular weight excluding hydrogens is 272 g/mol. The number of hydrogen-bond acceptors (Lipinski definition) is 3. The zero-order valence-electron chi connectivity index (χ0n) is 14.3. The second-order valence-electron chi connectivity index (χ2n) is 7.16. The van der Waals surface area contributed by atoms with Gasteiger partial charge in [-0.15, -0.1) is 0 Å². The number of rotatable bonds is 4. The summed E-state index contributed by atoms with van der Waals surface area (Å²) in [5.74, 6) is 2.40. The van der Waals surface area contributed by atoms with Crippen LogP contribution in [0.2, 0.25) is 0 Å². The molecule has 1 N–H and O–H groups in total. The molecule has 3 nitrogen and oxygen atoms in total.